The molecule has 0 saturated carbocycles. The second-order valence-corrected chi connectivity index (χ2v) is 15.7. The van der Waals surface area contributed by atoms with Crippen molar-refractivity contribution in [2.75, 3.05) is 61.5 Å². The monoisotopic (exact) mass is 826 g/mol. The number of imidazole rings is 1. The van der Waals surface area contributed by atoms with Crippen molar-refractivity contribution in [2.45, 2.75) is 64.8 Å². The normalized spacial score (nSPS) is 17.8. The number of imide groups is 1. The van der Waals surface area contributed by atoms with Crippen LogP contribution in [0.4, 0.5) is 26.1 Å². The van der Waals surface area contributed by atoms with E-state index in [1.54, 1.807) is 23.0 Å². The molecule has 2 saturated heterocycles. The molecule has 2 fully saturated rings. The molecule has 2 aliphatic heterocycles. The molecule has 0 aliphatic carbocycles. The van der Waals surface area contributed by atoms with Crippen LogP contribution in [0.1, 0.15) is 73.5 Å². The van der Waals surface area contributed by atoms with E-state index in [9.17, 15) is 19.5 Å². The van der Waals surface area contributed by atoms with Gasteiger partial charge in [-0.2, -0.15) is 5.10 Å². The number of carbonyl (C=O) groups excluding carboxylic acids is 3. The number of hydrogen-bond acceptors (Lipinski definition) is 11. The number of nitrogens with one attached hydrogen (secondary N) is 4. The lowest BCUT2D eigenvalue weighted by molar-refractivity contribution is -0.134. The molecular weight excluding hydrogens is 775 g/mol. The zero-order chi connectivity index (χ0) is 42.5. The molecule has 15 nitrogen and oxygen atoms in total. The van der Waals surface area contributed by atoms with Gasteiger partial charge in [0.2, 0.25) is 23.6 Å². The average Bonchev–Trinajstić information content (AvgIpc) is 3.81. The standard InChI is InChI=1S/C43H52F2N10O5/c1-5-25(2)7-6-16-60-42-32(22-47-53(42)4)36-18-27(17-26(3)48-36)40(58)52-43-49-35-10-8-29(21-37(35)50-43)55-15-14-54(23-30(55)24-56)13-12-46-28-19-33(44)39(34(45)20-28)31-9-11-38(57)51-41(31)59/h8,10,17-22,25,30-31,46,56H,5-7,9,11-16,23-24H2,1-4H3,(H,51,57,59)(H2,49,50,52,58)/t25-,30+,31+/m0/s1. The Morgan fingerprint density at radius 1 is 1.10 bits per heavy atom. The second kappa shape index (κ2) is 18.5. The van der Waals surface area contributed by atoms with E-state index in [4.69, 9.17) is 4.74 Å². The van der Waals surface area contributed by atoms with Crippen molar-refractivity contribution in [1.82, 2.24) is 34.9 Å². The number of pyridine rings is 1. The van der Waals surface area contributed by atoms with Crippen LogP contribution in [-0.4, -0.2) is 104 Å². The minimum absolute atomic E-state index is 0.0233. The summed E-state index contributed by atoms with van der Waals surface area (Å²) in [5.41, 5.74) is 4.53. The molecule has 3 aromatic heterocycles. The number of nitrogens with zero attached hydrogens (tertiary/aromatic N) is 6. The van der Waals surface area contributed by atoms with E-state index in [0.29, 0.717) is 84.7 Å². The Labute approximate surface area is 346 Å². The van der Waals surface area contributed by atoms with Crippen LogP contribution in [0.15, 0.2) is 48.7 Å². The zero-order valence-corrected chi connectivity index (χ0v) is 34.4. The number of aromatic amines is 1. The maximum Gasteiger partial charge on any atom is 0.258 e. The number of hydrogen-bond donors (Lipinski definition) is 5. The first kappa shape index (κ1) is 42.2. The number of carbonyl (C=O) groups is 3. The predicted octanol–water partition coefficient (Wildman–Crippen LogP) is 5.52. The third kappa shape index (κ3) is 9.57. The fourth-order valence-corrected chi connectivity index (χ4v) is 7.90. The number of aromatic nitrogens is 5. The number of amides is 3. The van der Waals surface area contributed by atoms with Crippen molar-refractivity contribution in [1.29, 1.82) is 0 Å². The van der Waals surface area contributed by atoms with Gasteiger partial charge in [-0.1, -0.05) is 20.3 Å². The third-order valence-electron chi connectivity index (χ3n) is 11.4. The summed E-state index contributed by atoms with van der Waals surface area (Å²) in [4.78, 5) is 54.1. The number of fused-ring (bicyclic) bond motifs is 1. The van der Waals surface area contributed by atoms with Gasteiger partial charge in [0.1, 0.15) is 11.6 Å². The van der Waals surface area contributed by atoms with Crippen molar-refractivity contribution < 1.29 is 33.0 Å². The number of benzene rings is 2. The summed E-state index contributed by atoms with van der Waals surface area (Å²) in [5.74, 6) is -2.72. The molecule has 5 aromatic rings. The second-order valence-electron chi connectivity index (χ2n) is 15.7. The molecule has 2 aromatic carbocycles. The van der Waals surface area contributed by atoms with Crippen LogP contribution in [0.2, 0.25) is 0 Å². The van der Waals surface area contributed by atoms with E-state index in [-0.39, 0.29) is 48.6 Å². The molecule has 0 radical (unpaired) electrons. The molecule has 60 heavy (non-hydrogen) atoms. The van der Waals surface area contributed by atoms with Crippen LogP contribution in [0.5, 0.6) is 5.88 Å². The molecule has 318 valence electrons. The molecule has 0 spiro atoms. The summed E-state index contributed by atoms with van der Waals surface area (Å²) in [7, 11) is 1.82. The number of ether oxygens (including phenoxy) is 1. The van der Waals surface area contributed by atoms with Crippen LogP contribution in [0.25, 0.3) is 22.3 Å². The van der Waals surface area contributed by atoms with Crippen molar-refractivity contribution in [2.24, 2.45) is 13.0 Å². The van der Waals surface area contributed by atoms with Crippen LogP contribution in [0.3, 0.4) is 0 Å². The van der Waals surface area contributed by atoms with E-state index < -0.39 is 29.4 Å². The highest BCUT2D eigenvalue weighted by molar-refractivity contribution is 6.05. The van der Waals surface area contributed by atoms with Gasteiger partial charge < -0.3 is 25.0 Å². The topological polar surface area (TPSA) is 183 Å². The van der Waals surface area contributed by atoms with Gasteiger partial charge in [0.15, 0.2) is 0 Å². The van der Waals surface area contributed by atoms with Crippen LogP contribution in [-0.2, 0) is 16.6 Å². The fourth-order valence-electron chi connectivity index (χ4n) is 7.90. The third-order valence-corrected chi connectivity index (χ3v) is 11.4. The summed E-state index contributed by atoms with van der Waals surface area (Å²) in [6, 6.07) is 11.3. The molecule has 7 rings (SSSR count). The molecule has 5 N–H and O–H groups in total. The number of aryl methyl sites for hydroxylation is 2. The molecule has 2 aliphatic rings. The van der Waals surface area contributed by atoms with Crippen LogP contribution in [0, 0.1) is 24.5 Å². The van der Waals surface area contributed by atoms with E-state index >= 15 is 8.78 Å². The average molecular weight is 827 g/mol. The summed E-state index contributed by atoms with van der Waals surface area (Å²) < 4.78 is 37.8. The molecule has 0 bridgehead atoms. The minimum Gasteiger partial charge on any atom is -0.477 e. The number of aliphatic hydroxyl groups is 1. The molecule has 17 heteroatoms. The van der Waals surface area contributed by atoms with Gasteiger partial charge in [-0.15, -0.1) is 0 Å². The highest BCUT2D eigenvalue weighted by Gasteiger charge is 2.33. The number of rotatable bonds is 16. The highest BCUT2D eigenvalue weighted by atomic mass is 19.1. The minimum atomic E-state index is -1.06. The first-order valence-corrected chi connectivity index (χ1v) is 20.5. The fraction of sp³-hybridized carbons (Fsp3) is 0.442. The maximum atomic E-state index is 15.0. The number of halogens is 2. The SMILES string of the molecule is CC[C@H](C)CCCOc1c(-c2cc(C(=O)Nc3nc4ccc(N5CCN(CCNc6cc(F)c([C@H]7CCC(=O)NC7=O)c(F)c6)C[C@@H]5CO)cc4[nH]3)cc(C)n2)cnn1C. The highest BCUT2D eigenvalue weighted by Crippen LogP contribution is 2.33. The van der Waals surface area contributed by atoms with Gasteiger partial charge in [-0.3, -0.25) is 34.9 Å². The largest absolute Gasteiger partial charge is 0.477 e. The molecule has 3 atom stereocenters. The Hall–Kier alpha value is -5.94. The number of aliphatic hydroxyl groups excluding tert-OH is 1. The van der Waals surface area contributed by atoms with E-state index in [2.05, 4.69) is 59.6 Å². The van der Waals surface area contributed by atoms with Crippen LogP contribution >= 0.6 is 0 Å². The van der Waals surface area contributed by atoms with Gasteiger partial charge in [0.25, 0.3) is 5.91 Å². The lowest BCUT2D eigenvalue weighted by atomic mass is 9.89. The number of H-pyrrole nitrogens is 1. The van der Waals surface area contributed by atoms with Crippen molar-refractivity contribution >= 4 is 46.1 Å². The molecular formula is C43H52F2N10O5. The maximum absolute atomic E-state index is 15.0. The lowest BCUT2D eigenvalue weighted by Gasteiger charge is -2.42. The molecule has 0 unspecified atom stereocenters. The smallest absolute Gasteiger partial charge is 0.258 e. The van der Waals surface area contributed by atoms with Crippen molar-refractivity contribution in [3.05, 3.63) is 77.1 Å². The van der Waals surface area contributed by atoms with E-state index in [0.717, 1.165) is 24.9 Å². The Kier molecular flexibility index (Phi) is 13.0. The van der Waals surface area contributed by atoms with Gasteiger partial charge in [-0.05, 0) is 74.6 Å². The lowest BCUT2D eigenvalue weighted by Crippen LogP contribution is -2.55. The molecule has 5 heterocycles. The van der Waals surface area contributed by atoms with E-state index in [1.165, 1.54) is 12.1 Å². The van der Waals surface area contributed by atoms with Gasteiger partial charge in [-0.25, -0.2) is 18.4 Å². The summed E-state index contributed by atoms with van der Waals surface area (Å²) in [6.45, 7) is 9.50. The van der Waals surface area contributed by atoms with E-state index in [1.807, 2.05) is 32.2 Å². The number of anilines is 3. The number of piperidine rings is 1. The Balaban J connectivity index is 0.950. The predicted molar refractivity (Wildman–Crippen MR) is 224 cm³/mol. The summed E-state index contributed by atoms with van der Waals surface area (Å²) in [5, 5.41) is 22.9. The quantitative estimate of drug-likeness (QED) is 0.0625. The van der Waals surface area contributed by atoms with Crippen LogP contribution < -0.4 is 25.6 Å². The van der Waals surface area contributed by atoms with Gasteiger partial charge in [0.05, 0.1) is 53.7 Å². The Bertz CT molecular complexity index is 2340. The summed E-state index contributed by atoms with van der Waals surface area (Å²) >= 11 is 0. The van der Waals surface area contributed by atoms with Crippen molar-refractivity contribution in [3.63, 3.8) is 0 Å². The first-order chi connectivity index (χ1) is 28.9. The van der Waals surface area contributed by atoms with Gasteiger partial charge >= 0.3 is 0 Å². The Morgan fingerprint density at radius 2 is 1.90 bits per heavy atom. The van der Waals surface area contributed by atoms with Crippen molar-refractivity contribution in [3.8, 4) is 17.1 Å². The zero-order valence-electron chi connectivity index (χ0n) is 34.4. The summed E-state index contributed by atoms with van der Waals surface area (Å²) in [6.07, 6.45) is 4.91. The first-order valence-electron chi connectivity index (χ1n) is 20.5. The molecule has 3 amide bonds. The number of piperazine rings is 1. The van der Waals surface area contributed by atoms with Gasteiger partial charge in [0, 0.05) is 74.4 Å². The Morgan fingerprint density at radius 3 is 2.65 bits per heavy atom.